The number of rotatable bonds is 5. The molecule has 94 valence electrons. The van der Waals surface area contributed by atoms with Gasteiger partial charge in [0.15, 0.2) is 5.96 Å². The monoisotopic (exact) mass is 302 g/mol. The Labute approximate surface area is 116 Å². The smallest absolute Gasteiger partial charge is 0.188 e. The standard InChI is InChI=1S/C8H14N4S2.2ClH/c1-10-8(9)12-2-4-13-6-7-11-3-5-14-7;;/h3,5H,2,4,6H2,1H3,(H3,9,10,12);2*1H. The van der Waals surface area contributed by atoms with Crippen LogP contribution in [0.3, 0.4) is 0 Å². The van der Waals surface area contributed by atoms with Crippen LogP contribution in [-0.4, -0.2) is 30.3 Å². The van der Waals surface area contributed by atoms with Crippen molar-refractivity contribution < 1.29 is 0 Å². The fraction of sp³-hybridized carbons (Fsp3) is 0.500. The summed E-state index contributed by atoms with van der Waals surface area (Å²) in [5.41, 5.74) is 5.47. The zero-order valence-corrected chi connectivity index (χ0v) is 12.1. The molecule has 0 radical (unpaired) electrons. The molecule has 0 unspecified atom stereocenters. The largest absolute Gasteiger partial charge is 0.370 e. The maximum Gasteiger partial charge on any atom is 0.188 e. The highest BCUT2D eigenvalue weighted by molar-refractivity contribution is 7.98. The molecule has 1 heterocycles. The van der Waals surface area contributed by atoms with Gasteiger partial charge in [-0.05, 0) is 0 Å². The Hall–Kier alpha value is -0.170. The number of nitrogens with two attached hydrogens (primary N) is 1. The van der Waals surface area contributed by atoms with Gasteiger partial charge in [-0.15, -0.1) is 36.2 Å². The SMILES string of the molecule is CN=C(N)NCCSCc1nccs1.Cl.Cl. The molecule has 0 saturated heterocycles. The van der Waals surface area contributed by atoms with Crippen LogP contribution in [0, 0.1) is 0 Å². The number of guanidine groups is 1. The Bertz CT molecular complexity index is 280. The zero-order valence-electron chi connectivity index (χ0n) is 8.88. The lowest BCUT2D eigenvalue weighted by molar-refractivity contribution is 0.959. The second-order valence-electron chi connectivity index (χ2n) is 2.51. The van der Waals surface area contributed by atoms with Gasteiger partial charge in [0.05, 0.1) is 0 Å². The van der Waals surface area contributed by atoms with E-state index in [9.17, 15) is 0 Å². The normalized spacial score (nSPS) is 10.2. The van der Waals surface area contributed by atoms with E-state index in [4.69, 9.17) is 5.73 Å². The lowest BCUT2D eigenvalue weighted by Crippen LogP contribution is -2.32. The summed E-state index contributed by atoms with van der Waals surface area (Å²) in [5.74, 6) is 2.48. The predicted molar refractivity (Wildman–Crippen MR) is 78.3 cm³/mol. The van der Waals surface area contributed by atoms with E-state index in [1.807, 2.05) is 23.3 Å². The second-order valence-corrected chi connectivity index (χ2v) is 4.60. The van der Waals surface area contributed by atoms with Crippen molar-refractivity contribution >= 4 is 53.9 Å². The molecule has 1 aromatic rings. The first-order chi connectivity index (χ1) is 6.83. The molecule has 0 atom stereocenters. The van der Waals surface area contributed by atoms with Crippen molar-refractivity contribution in [2.45, 2.75) is 5.75 Å². The highest BCUT2D eigenvalue weighted by atomic mass is 35.5. The maximum absolute atomic E-state index is 5.47. The predicted octanol–water partition coefficient (Wildman–Crippen LogP) is 1.75. The first kappa shape index (κ1) is 18.2. The topological polar surface area (TPSA) is 63.3 Å². The average Bonchev–Trinajstić information content (AvgIpc) is 2.69. The molecular formula is C8H16Cl2N4S2. The van der Waals surface area contributed by atoms with Crippen LogP contribution in [0.2, 0.25) is 0 Å². The van der Waals surface area contributed by atoms with Crippen molar-refractivity contribution in [1.82, 2.24) is 10.3 Å². The summed E-state index contributed by atoms with van der Waals surface area (Å²) in [7, 11) is 1.67. The van der Waals surface area contributed by atoms with Crippen LogP contribution in [0.25, 0.3) is 0 Å². The van der Waals surface area contributed by atoms with Crippen LogP contribution in [0.4, 0.5) is 0 Å². The van der Waals surface area contributed by atoms with Crippen LogP contribution in [0.1, 0.15) is 5.01 Å². The molecule has 0 aliphatic carbocycles. The number of hydrogen-bond acceptors (Lipinski definition) is 4. The number of aliphatic imine (C=N–C) groups is 1. The number of hydrogen-bond donors (Lipinski definition) is 2. The van der Waals surface area contributed by atoms with Crippen molar-refractivity contribution in [3.63, 3.8) is 0 Å². The van der Waals surface area contributed by atoms with E-state index in [1.165, 1.54) is 5.01 Å². The third-order valence-electron chi connectivity index (χ3n) is 1.50. The lowest BCUT2D eigenvalue weighted by atomic mass is 10.7. The van der Waals surface area contributed by atoms with Gasteiger partial charge in [-0.2, -0.15) is 11.8 Å². The van der Waals surface area contributed by atoms with E-state index in [0.717, 1.165) is 18.1 Å². The van der Waals surface area contributed by atoms with Gasteiger partial charge in [0.25, 0.3) is 0 Å². The van der Waals surface area contributed by atoms with Crippen molar-refractivity contribution in [2.24, 2.45) is 10.7 Å². The van der Waals surface area contributed by atoms with Crippen molar-refractivity contribution in [3.8, 4) is 0 Å². The number of nitrogens with zero attached hydrogens (tertiary/aromatic N) is 2. The van der Waals surface area contributed by atoms with Gasteiger partial charge in [-0.25, -0.2) is 4.98 Å². The second kappa shape index (κ2) is 11.3. The van der Waals surface area contributed by atoms with Crippen molar-refractivity contribution in [3.05, 3.63) is 16.6 Å². The summed E-state index contributed by atoms with van der Waals surface area (Å²) in [6, 6.07) is 0. The fourth-order valence-electron chi connectivity index (χ4n) is 0.814. The van der Waals surface area contributed by atoms with Gasteiger partial charge in [0.1, 0.15) is 5.01 Å². The molecule has 1 rings (SSSR count). The molecule has 0 fully saturated rings. The molecule has 0 aromatic carbocycles. The fourth-order valence-corrected chi connectivity index (χ4v) is 2.38. The minimum atomic E-state index is 0. The van der Waals surface area contributed by atoms with Gasteiger partial charge in [-0.3, -0.25) is 4.99 Å². The van der Waals surface area contributed by atoms with Gasteiger partial charge in [-0.1, -0.05) is 0 Å². The first-order valence-electron chi connectivity index (χ1n) is 4.25. The highest BCUT2D eigenvalue weighted by Crippen LogP contribution is 2.13. The third kappa shape index (κ3) is 8.04. The molecule has 0 bridgehead atoms. The minimum Gasteiger partial charge on any atom is -0.370 e. The molecule has 8 heteroatoms. The summed E-state index contributed by atoms with van der Waals surface area (Å²) in [6.45, 7) is 0.846. The number of thiazole rings is 1. The molecule has 3 N–H and O–H groups in total. The Kier molecular flexibility index (Phi) is 12.9. The molecule has 0 spiro atoms. The summed E-state index contributed by atoms with van der Waals surface area (Å²) < 4.78 is 0. The Morgan fingerprint density at radius 1 is 1.62 bits per heavy atom. The number of nitrogens with one attached hydrogen (secondary N) is 1. The summed E-state index contributed by atoms with van der Waals surface area (Å²) in [6.07, 6.45) is 1.83. The van der Waals surface area contributed by atoms with Gasteiger partial charge in [0, 0.05) is 36.7 Å². The van der Waals surface area contributed by atoms with Gasteiger partial charge >= 0.3 is 0 Å². The third-order valence-corrected chi connectivity index (χ3v) is 3.44. The lowest BCUT2D eigenvalue weighted by Gasteiger charge is -2.03. The van der Waals surface area contributed by atoms with E-state index < -0.39 is 0 Å². The van der Waals surface area contributed by atoms with Crippen molar-refractivity contribution in [1.29, 1.82) is 0 Å². The van der Waals surface area contributed by atoms with Crippen LogP contribution in [0.15, 0.2) is 16.6 Å². The number of thioether (sulfide) groups is 1. The maximum atomic E-state index is 5.47. The summed E-state index contributed by atoms with van der Waals surface area (Å²) in [4.78, 5) is 7.99. The molecule has 0 aliphatic rings. The van der Waals surface area contributed by atoms with Crippen LogP contribution >= 0.6 is 47.9 Å². The van der Waals surface area contributed by atoms with E-state index in [-0.39, 0.29) is 24.8 Å². The summed E-state index contributed by atoms with van der Waals surface area (Å²) >= 11 is 3.53. The molecule has 16 heavy (non-hydrogen) atoms. The van der Waals surface area contributed by atoms with Crippen LogP contribution in [-0.2, 0) is 5.75 Å². The molecule has 0 amide bonds. The van der Waals surface area contributed by atoms with Crippen LogP contribution < -0.4 is 11.1 Å². The van der Waals surface area contributed by atoms with E-state index in [1.54, 1.807) is 18.4 Å². The quantitative estimate of drug-likeness (QED) is 0.494. The number of aromatic nitrogens is 1. The Morgan fingerprint density at radius 2 is 2.38 bits per heavy atom. The van der Waals surface area contributed by atoms with E-state index >= 15 is 0 Å². The van der Waals surface area contributed by atoms with Crippen molar-refractivity contribution in [2.75, 3.05) is 19.3 Å². The molecule has 1 aromatic heterocycles. The van der Waals surface area contributed by atoms with E-state index in [0.29, 0.717) is 5.96 Å². The average molecular weight is 303 g/mol. The summed E-state index contributed by atoms with van der Waals surface area (Å²) in [5, 5.41) is 6.17. The zero-order chi connectivity index (χ0) is 10.2. The Balaban J connectivity index is 0. The van der Waals surface area contributed by atoms with Gasteiger partial charge in [0.2, 0.25) is 0 Å². The molecular weight excluding hydrogens is 287 g/mol. The van der Waals surface area contributed by atoms with E-state index in [2.05, 4.69) is 15.3 Å². The van der Waals surface area contributed by atoms with Crippen LogP contribution in [0.5, 0.6) is 0 Å². The molecule has 0 aliphatic heterocycles. The molecule has 4 nitrogen and oxygen atoms in total. The van der Waals surface area contributed by atoms with Gasteiger partial charge < -0.3 is 11.1 Å². The highest BCUT2D eigenvalue weighted by Gasteiger charge is 1.95. The first-order valence-corrected chi connectivity index (χ1v) is 6.28. The molecule has 0 saturated carbocycles. The number of halogens is 2. The minimum absolute atomic E-state index is 0. The Morgan fingerprint density at radius 3 is 2.94 bits per heavy atom.